The van der Waals surface area contributed by atoms with Gasteiger partial charge in [-0.05, 0) is 56.2 Å². The van der Waals surface area contributed by atoms with Crippen LogP contribution in [0.25, 0.3) is 5.65 Å². The van der Waals surface area contributed by atoms with E-state index in [-0.39, 0.29) is 6.54 Å². The fourth-order valence-electron chi connectivity index (χ4n) is 3.44. The van der Waals surface area contributed by atoms with Crippen LogP contribution < -0.4 is 21.1 Å². The van der Waals surface area contributed by atoms with Gasteiger partial charge in [0.2, 0.25) is 11.9 Å². The Bertz CT molecular complexity index is 1370. The summed E-state index contributed by atoms with van der Waals surface area (Å²) in [6, 6.07) is 14.9. The number of hydrogen-bond acceptors (Lipinski definition) is 6. The lowest BCUT2D eigenvalue weighted by atomic mass is 10.2. The number of nitrogens with one attached hydrogen (secondary N) is 2. The first kappa shape index (κ1) is 21.1. The molecule has 0 aliphatic heterocycles. The molecule has 32 heavy (non-hydrogen) atoms. The molecule has 0 aliphatic carbocycles. The van der Waals surface area contributed by atoms with Crippen molar-refractivity contribution < 1.29 is 9.53 Å². The van der Waals surface area contributed by atoms with Gasteiger partial charge in [-0.1, -0.05) is 18.2 Å². The van der Waals surface area contributed by atoms with Crippen molar-refractivity contribution in [1.82, 2.24) is 19.2 Å². The minimum atomic E-state index is -0.464. The van der Waals surface area contributed by atoms with Crippen LogP contribution in [0.4, 0.5) is 17.3 Å². The van der Waals surface area contributed by atoms with Gasteiger partial charge in [0.1, 0.15) is 12.3 Å². The minimum absolute atomic E-state index is 0.249. The Balaban J connectivity index is 1.64. The van der Waals surface area contributed by atoms with Gasteiger partial charge in [0, 0.05) is 17.4 Å². The standard InChI is InChI=1S/C23H24N6O3/c1-14-6-5-7-17(10-14)25-22-24-16(3)12-20-27-28(23(31)29(20)22)13-21(30)26-18-11-15(2)8-9-19(18)32-4/h5-12H,13H2,1-4H3,(H,24,25)(H,26,30). The van der Waals surface area contributed by atoms with Crippen molar-refractivity contribution in [2.75, 3.05) is 17.7 Å². The van der Waals surface area contributed by atoms with Crippen molar-refractivity contribution >= 4 is 28.9 Å². The molecule has 0 aliphatic rings. The lowest BCUT2D eigenvalue weighted by molar-refractivity contribution is -0.117. The molecule has 0 radical (unpaired) electrons. The topological polar surface area (TPSA) is 103 Å². The molecule has 4 aromatic rings. The van der Waals surface area contributed by atoms with Crippen molar-refractivity contribution in [1.29, 1.82) is 0 Å². The molecule has 0 fully saturated rings. The zero-order valence-electron chi connectivity index (χ0n) is 18.3. The second-order valence-electron chi connectivity index (χ2n) is 7.60. The summed E-state index contributed by atoms with van der Waals surface area (Å²) in [6.45, 7) is 5.47. The predicted molar refractivity (Wildman–Crippen MR) is 123 cm³/mol. The zero-order chi connectivity index (χ0) is 22.8. The van der Waals surface area contributed by atoms with E-state index in [0.717, 1.165) is 21.5 Å². The van der Waals surface area contributed by atoms with E-state index in [1.54, 1.807) is 18.2 Å². The molecule has 2 aromatic heterocycles. The lowest BCUT2D eigenvalue weighted by Gasteiger charge is -2.10. The highest BCUT2D eigenvalue weighted by Crippen LogP contribution is 2.25. The van der Waals surface area contributed by atoms with E-state index in [1.165, 1.54) is 11.5 Å². The molecule has 0 saturated carbocycles. The number of anilines is 3. The van der Waals surface area contributed by atoms with E-state index in [1.807, 2.05) is 51.1 Å². The number of aryl methyl sites for hydroxylation is 3. The first-order chi connectivity index (χ1) is 15.3. The van der Waals surface area contributed by atoms with Crippen LogP contribution in [-0.2, 0) is 11.3 Å². The van der Waals surface area contributed by atoms with Crippen LogP contribution in [0.3, 0.4) is 0 Å². The largest absolute Gasteiger partial charge is 0.495 e. The molecule has 2 N–H and O–H groups in total. The number of hydrogen-bond donors (Lipinski definition) is 2. The molecular weight excluding hydrogens is 408 g/mol. The fourth-order valence-corrected chi connectivity index (χ4v) is 3.44. The normalized spacial score (nSPS) is 10.9. The van der Waals surface area contributed by atoms with Crippen LogP contribution in [0.1, 0.15) is 16.8 Å². The first-order valence-corrected chi connectivity index (χ1v) is 10.1. The maximum Gasteiger partial charge on any atom is 0.353 e. The number of amides is 1. The van der Waals surface area contributed by atoms with Gasteiger partial charge in [0.25, 0.3) is 0 Å². The van der Waals surface area contributed by atoms with Gasteiger partial charge < -0.3 is 15.4 Å². The highest BCUT2D eigenvalue weighted by molar-refractivity contribution is 5.92. The third-order valence-corrected chi connectivity index (χ3v) is 4.89. The Hall–Kier alpha value is -4.14. The van der Waals surface area contributed by atoms with Crippen LogP contribution >= 0.6 is 0 Å². The second-order valence-corrected chi connectivity index (χ2v) is 7.60. The zero-order valence-corrected chi connectivity index (χ0v) is 18.3. The summed E-state index contributed by atoms with van der Waals surface area (Å²) in [5.74, 6) is 0.482. The second kappa shape index (κ2) is 8.54. The number of nitrogens with zero attached hydrogens (tertiary/aromatic N) is 4. The summed E-state index contributed by atoms with van der Waals surface area (Å²) < 4.78 is 7.78. The van der Waals surface area contributed by atoms with Gasteiger partial charge in [-0.3, -0.25) is 4.79 Å². The predicted octanol–water partition coefficient (Wildman–Crippen LogP) is 3.21. The van der Waals surface area contributed by atoms with Crippen molar-refractivity contribution in [3.05, 3.63) is 75.8 Å². The Morgan fingerprint density at radius 3 is 2.59 bits per heavy atom. The summed E-state index contributed by atoms with van der Waals surface area (Å²) in [5.41, 5.74) is 4.01. The van der Waals surface area contributed by atoms with E-state index in [9.17, 15) is 9.59 Å². The first-order valence-electron chi connectivity index (χ1n) is 10.1. The van der Waals surface area contributed by atoms with E-state index in [0.29, 0.717) is 28.7 Å². The van der Waals surface area contributed by atoms with Crippen molar-refractivity contribution in [3.8, 4) is 5.75 Å². The summed E-state index contributed by atoms with van der Waals surface area (Å²) in [6.07, 6.45) is 0. The Morgan fingerprint density at radius 1 is 1.06 bits per heavy atom. The van der Waals surface area contributed by atoms with E-state index >= 15 is 0 Å². The molecule has 2 heterocycles. The lowest BCUT2D eigenvalue weighted by Crippen LogP contribution is -2.29. The number of carbonyl (C=O) groups is 1. The molecule has 9 heteroatoms. The summed E-state index contributed by atoms with van der Waals surface area (Å²) in [5, 5.41) is 10.3. The quantitative estimate of drug-likeness (QED) is 0.485. The monoisotopic (exact) mass is 432 g/mol. The van der Waals surface area contributed by atoms with E-state index in [2.05, 4.69) is 20.7 Å². The molecule has 2 aromatic carbocycles. The third-order valence-electron chi connectivity index (χ3n) is 4.89. The maximum absolute atomic E-state index is 13.1. The number of benzene rings is 2. The van der Waals surface area contributed by atoms with E-state index in [4.69, 9.17) is 4.74 Å². The van der Waals surface area contributed by atoms with E-state index < -0.39 is 11.6 Å². The Kier molecular flexibility index (Phi) is 5.63. The summed E-state index contributed by atoms with van der Waals surface area (Å²) in [7, 11) is 1.53. The molecule has 0 atom stereocenters. The number of ether oxygens (including phenoxy) is 1. The highest BCUT2D eigenvalue weighted by Gasteiger charge is 2.16. The van der Waals surface area contributed by atoms with Crippen LogP contribution in [0.2, 0.25) is 0 Å². The smallest absolute Gasteiger partial charge is 0.353 e. The molecule has 4 rings (SSSR count). The number of rotatable bonds is 6. The molecule has 0 unspecified atom stereocenters. The van der Waals surface area contributed by atoms with Crippen molar-refractivity contribution in [2.45, 2.75) is 27.3 Å². The van der Waals surface area contributed by atoms with Crippen LogP contribution in [0, 0.1) is 20.8 Å². The number of aromatic nitrogens is 4. The number of carbonyl (C=O) groups excluding carboxylic acids is 1. The maximum atomic E-state index is 13.1. The summed E-state index contributed by atoms with van der Waals surface area (Å²) in [4.78, 5) is 30.2. The highest BCUT2D eigenvalue weighted by atomic mass is 16.5. The number of methoxy groups -OCH3 is 1. The van der Waals surface area contributed by atoms with Crippen LogP contribution in [-0.4, -0.2) is 32.2 Å². The molecule has 0 spiro atoms. The van der Waals surface area contributed by atoms with Crippen LogP contribution in [0.5, 0.6) is 5.75 Å². The SMILES string of the molecule is COc1ccc(C)cc1NC(=O)Cn1nc2cc(C)nc(Nc3cccc(C)c3)n2c1=O. The summed E-state index contributed by atoms with van der Waals surface area (Å²) >= 11 is 0. The van der Waals surface area contributed by atoms with Gasteiger partial charge in [-0.25, -0.2) is 18.9 Å². The van der Waals surface area contributed by atoms with Crippen molar-refractivity contribution in [2.24, 2.45) is 0 Å². The number of fused-ring (bicyclic) bond motifs is 1. The Morgan fingerprint density at radius 2 is 1.84 bits per heavy atom. The molecule has 0 bridgehead atoms. The average Bonchev–Trinajstić information content (AvgIpc) is 3.03. The average molecular weight is 432 g/mol. The third kappa shape index (κ3) is 4.31. The van der Waals surface area contributed by atoms with Gasteiger partial charge in [0.15, 0.2) is 5.65 Å². The van der Waals surface area contributed by atoms with Gasteiger partial charge in [-0.2, -0.15) is 0 Å². The fraction of sp³-hybridized carbons (Fsp3) is 0.217. The van der Waals surface area contributed by atoms with Crippen LogP contribution in [0.15, 0.2) is 53.3 Å². The molecule has 0 saturated heterocycles. The molecule has 9 nitrogen and oxygen atoms in total. The molecule has 1 amide bonds. The van der Waals surface area contributed by atoms with Crippen molar-refractivity contribution in [3.63, 3.8) is 0 Å². The minimum Gasteiger partial charge on any atom is -0.495 e. The van der Waals surface area contributed by atoms with Gasteiger partial charge in [0.05, 0.1) is 12.8 Å². The molecular formula is C23H24N6O3. The molecule has 164 valence electrons. The van der Waals surface area contributed by atoms with Gasteiger partial charge >= 0.3 is 5.69 Å². The van der Waals surface area contributed by atoms with Gasteiger partial charge in [-0.15, -0.1) is 5.10 Å². The Labute approximate surface area is 184 Å².